The van der Waals surface area contributed by atoms with Crippen LogP contribution in [-0.2, 0) is 18.4 Å². The van der Waals surface area contributed by atoms with E-state index in [1.54, 1.807) is 24.4 Å². The van der Waals surface area contributed by atoms with Gasteiger partial charge in [-0.2, -0.15) is 0 Å². The van der Waals surface area contributed by atoms with Gasteiger partial charge in [-0.1, -0.05) is 41.0 Å². The van der Waals surface area contributed by atoms with Crippen molar-refractivity contribution in [2.45, 2.75) is 11.7 Å². The van der Waals surface area contributed by atoms with E-state index in [0.717, 1.165) is 10.7 Å². The number of aryl methyl sites for hydroxylation is 1. The Balaban J connectivity index is 1.82. The van der Waals surface area contributed by atoms with Gasteiger partial charge in [-0.25, -0.2) is 4.98 Å². The lowest BCUT2D eigenvalue weighted by molar-refractivity contribution is -0.118. The van der Waals surface area contributed by atoms with E-state index in [1.807, 2.05) is 17.8 Å². The third-order valence-electron chi connectivity index (χ3n) is 2.60. The Morgan fingerprint density at radius 1 is 1.45 bits per heavy atom. The smallest absolute Gasteiger partial charge is 0.230 e. The van der Waals surface area contributed by atoms with Crippen molar-refractivity contribution in [2.24, 2.45) is 7.05 Å². The summed E-state index contributed by atoms with van der Waals surface area (Å²) in [5, 5.41) is 4.76. The lowest BCUT2D eigenvalue weighted by atomic mass is 10.2. The van der Waals surface area contributed by atoms with Crippen LogP contribution in [-0.4, -0.2) is 21.2 Å². The van der Waals surface area contributed by atoms with Crippen LogP contribution >= 0.6 is 35.0 Å². The van der Waals surface area contributed by atoms with Crippen molar-refractivity contribution in [3.8, 4) is 0 Å². The fourth-order valence-electron chi connectivity index (χ4n) is 1.53. The lowest BCUT2D eigenvalue weighted by Gasteiger charge is -2.07. The monoisotopic (exact) mass is 329 g/mol. The quantitative estimate of drug-likeness (QED) is 0.857. The molecule has 1 heterocycles. The first-order valence-electron chi connectivity index (χ1n) is 5.87. The minimum Gasteiger partial charge on any atom is -0.351 e. The molecule has 1 amide bonds. The number of imidazole rings is 1. The van der Waals surface area contributed by atoms with Crippen molar-refractivity contribution in [3.05, 3.63) is 46.2 Å². The predicted octanol–water partition coefficient (Wildman–Crippen LogP) is 3.14. The Kier molecular flexibility index (Phi) is 5.34. The van der Waals surface area contributed by atoms with Crippen molar-refractivity contribution in [1.29, 1.82) is 0 Å². The number of nitrogens with zero attached hydrogens (tertiary/aromatic N) is 2. The van der Waals surface area contributed by atoms with Gasteiger partial charge in [-0.05, 0) is 17.7 Å². The molecule has 7 heteroatoms. The average molecular weight is 330 g/mol. The molecule has 0 saturated carbocycles. The van der Waals surface area contributed by atoms with Crippen LogP contribution in [0.1, 0.15) is 5.56 Å². The highest BCUT2D eigenvalue weighted by Crippen LogP contribution is 2.21. The zero-order valence-electron chi connectivity index (χ0n) is 10.8. The summed E-state index contributed by atoms with van der Waals surface area (Å²) in [5.41, 5.74) is 0.839. The minimum atomic E-state index is -0.0657. The third-order valence-corrected chi connectivity index (χ3v) is 4.25. The van der Waals surface area contributed by atoms with Gasteiger partial charge in [0.2, 0.25) is 5.91 Å². The van der Waals surface area contributed by atoms with Gasteiger partial charge in [0.05, 0.1) is 5.75 Å². The number of nitrogens with one attached hydrogen (secondary N) is 1. The van der Waals surface area contributed by atoms with Crippen LogP contribution in [0.25, 0.3) is 0 Å². The summed E-state index contributed by atoms with van der Waals surface area (Å²) in [7, 11) is 1.89. The van der Waals surface area contributed by atoms with Crippen LogP contribution in [0.2, 0.25) is 10.0 Å². The van der Waals surface area contributed by atoms with Crippen molar-refractivity contribution >= 4 is 40.9 Å². The molecule has 0 spiro atoms. The Morgan fingerprint density at radius 2 is 2.25 bits per heavy atom. The van der Waals surface area contributed by atoms with Crippen molar-refractivity contribution in [3.63, 3.8) is 0 Å². The maximum atomic E-state index is 11.8. The molecule has 0 atom stereocenters. The maximum Gasteiger partial charge on any atom is 0.230 e. The van der Waals surface area contributed by atoms with E-state index in [1.165, 1.54) is 11.8 Å². The third kappa shape index (κ3) is 4.16. The summed E-state index contributed by atoms with van der Waals surface area (Å²) in [6, 6.07) is 5.21. The summed E-state index contributed by atoms with van der Waals surface area (Å²) in [6.45, 7) is 0.385. The number of hydrogen-bond acceptors (Lipinski definition) is 3. The summed E-state index contributed by atoms with van der Waals surface area (Å²) < 4.78 is 1.87. The number of carbonyl (C=O) groups excluding carboxylic acids is 1. The van der Waals surface area contributed by atoms with Gasteiger partial charge in [0.15, 0.2) is 5.16 Å². The highest BCUT2D eigenvalue weighted by molar-refractivity contribution is 7.99. The van der Waals surface area contributed by atoms with Crippen LogP contribution in [0, 0.1) is 0 Å². The molecule has 1 aromatic heterocycles. The second-order valence-corrected chi connectivity index (χ2v) is 5.91. The fraction of sp³-hybridized carbons (Fsp3) is 0.231. The van der Waals surface area contributed by atoms with E-state index in [0.29, 0.717) is 22.3 Å². The highest BCUT2D eigenvalue weighted by Gasteiger charge is 2.07. The fourth-order valence-corrected chi connectivity index (χ4v) is 2.77. The zero-order chi connectivity index (χ0) is 14.5. The number of halogens is 2. The van der Waals surface area contributed by atoms with E-state index >= 15 is 0 Å². The number of amides is 1. The van der Waals surface area contributed by atoms with Gasteiger partial charge in [0.25, 0.3) is 0 Å². The van der Waals surface area contributed by atoms with E-state index in [9.17, 15) is 4.79 Å². The molecule has 1 N–H and O–H groups in total. The number of rotatable bonds is 5. The van der Waals surface area contributed by atoms with Crippen molar-refractivity contribution in [2.75, 3.05) is 5.75 Å². The Labute approximate surface area is 131 Å². The van der Waals surface area contributed by atoms with E-state index in [2.05, 4.69) is 10.3 Å². The molecule has 0 radical (unpaired) electrons. The van der Waals surface area contributed by atoms with Gasteiger partial charge in [0, 0.05) is 36.0 Å². The van der Waals surface area contributed by atoms with Gasteiger partial charge < -0.3 is 9.88 Å². The SMILES string of the molecule is Cn1ccnc1SCC(=O)NCc1ccc(Cl)cc1Cl. The molecule has 0 aliphatic heterocycles. The molecule has 0 aliphatic carbocycles. The van der Waals surface area contributed by atoms with Crippen molar-refractivity contribution < 1.29 is 4.79 Å². The Hall–Kier alpha value is -1.17. The second kappa shape index (κ2) is 7.02. The molecule has 2 aromatic rings. The molecule has 0 saturated heterocycles. The Bertz CT molecular complexity index is 615. The summed E-state index contributed by atoms with van der Waals surface area (Å²) in [6.07, 6.45) is 3.54. The summed E-state index contributed by atoms with van der Waals surface area (Å²) in [5.74, 6) is 0.250. The maximum absolute atomic E-state index is 11.8. The van der Waals surface area contributed by atoms with Crippen LogP contribution in [0.5, 0.6) is 0 Å². The molecule has 0 aliphatic rings. The molecule has 0 bridgehead atoms. The van der Waals surface area contributed by atoms with Crippen LogP contribution in [0.4, 0.5) is 0 Å². The van der Waals surface area contributed by atoms with Gasteiger partial charge in [0.1, 0.15) is 0 Å². The zero-order valence-corrected chi connectivity index (χ0v) is 13.1. The lowest BCUT2D eigenvalue weighted by Crippen LogP contribution is -2.24. The second-order valence-electron chi connectivity index (χ2n) is 4.12. The van der Waals surface area contributed by atoms with E-state index < -0.39 is 0 Å². The predicted molar refractivity (Wildman–Crippen MR) is 82.2 cm³/mol. The molecular formula is C13H13Cl2N3OS. The van der Waals surface area contributed by atoms with Crippen LogP contribution < -0.4 is 5.32 Å². The number of thioether (sulfide) groups is 1. The number of aromatic nitrogens is 2. The first kappa shape index (κ1) is 15.2. The van der Waals surface area contributed by atoms with Gasteiger partial charge >= 0.3 is 0 Å². The molecule has 0 unspecified atom stereocenters. The molecule has 4 nitrogen and oxygen atoms in total. The molecule has 0 fully saturated rings. The molecule has 106 valence electrons. The van der Waals surface area contributed by atoms with E-state index in [4.69, 9.17) is 23.2 Å². The average Bonchev–Trinajstić information content (AvgIpc) is 2.81. The molecule has 1 aromatic carbocycles. The summed E-state index contributed by atoms with van der Waals surface area (Å²) in [4.78, 5) is 15.9. The Morgan fingerprint density at radius 3 is 2.90 bits per heavy atom. The van der Waals surface area contributed by atoms with E-state index in [-0.39, 0.29) is 5.91 Å². The number of benzene rings is 1. The number of hydrogen-bond donors (Lipinski definition) is 1. The molecule has 20 heavy (non-hydrogen) atoms. The van der Waals surface area contributed by atoms with Crippen LogP contribution in [0.3, 0.4) is 0 Å². The molecular weight excluding hydrogens is 317 g/mol. The van der Waals surface area contributed by atoms with Gasteiger partial charge in [-0.15, -0.1) is 0 Å². The highest BCUT2D eigenvalue weighted by atomic mass is 35.5. The molecule has 2 rings (SSSR count). The minimum absolute atomic E-state index is 0.0657. The summed E-state index contributed by atoms with van der Waals surface area (Å²) >= 11 is 13.2. The van der Waals surface area contributed by atoms with Crippen LogP contribution in [0.15, 0.2) is 35.7 Å². The first-order valence-corrected chi connectivity index (χ1v) is 7.61. The largest absolute Gasteiger partial charge is 0.351 e. The van der Waals surface area contributed by atoms with Crippen molar-refractivity contribution in [1.82, 2.24) is 14.9 Å². The first-order chi connectivity index (χ1) is 9.56. The topological polar surface area (TPSA) is 46.9 Å². The standard InChI is InChI=1S/C13H13Cl2N3OS/c1-18-5-4-16-13(18)20-8-12(19)17-7-9-2-3-10(14)6-11(9)15/h2-6H,7-8H2,1H3,(H,17,19). The van der Waals surface area contributed by atoms with Gasteiger partial charge in [-0.3, -0.25) is 4.79 Å². The normalized spacial score (nSPS) is 10.6. The number of carbonyl (C=O) groups is 1.